The van der Waals surface area contributed by atoms with Crippen molar-refractivity contribution in [3.8, 4) is 0 Å². The van der Waals surface area contributed by atoms with Crippen molar-refractivity contribution in [2.75, 3.05) is 50.6 Å². The van der Waals surface area contributed by atoms with Gasteiger partial charge in [0.25, 0.3) is 0 Å². The van der Waals surface area contributed by atoms with Crippen LogP contribution < -0.4 is 10.2 Å². The molecule has 1 N–H and O–H groups in total. The first kappa shape index (κ1) is 49.1. The van der Waals surface area contributed by atoms with Gasteiger partial charge in [-0.3, -0.25) is 4.90 Å². The predicted octanol–water partition coefficient (Wildman–Crippen LogP) is 11.2. The molecule has 0 spiro atoms. The first-order valence-electron chi connectivity index (χ1n) is 20.1. The summed E-state index contributed by atoms with van der Waals surface area (Å²) < 4.78 is 36.9. The zero-order valence-electron chi connectivity index (χ0n) is 34.4. The second-order valence-electron chi connectivity index (χ2n) is 14.2. The third kappa shape index (κ3) is 14.5. The number of rotatable bonds is 9. The van der Waals surface area contributed by atoms with Crippen molar-refractivity contribution in [2.45, 2.75) is 84.5 Å². The topological polar surface area (TPSA) is 108 Å². The summed E-state index contributed by atoms with van der Waals surface area (Å²) in [5.41, 5.74) is 5.33. The number of benzene rings is 4. The minimum absolute atomic E-state index is 0. The van der Waals surface area contributed by atoms with E-state index in [1.54, 1.807) is 17.0 Å². The van der Waals surface area contributed by atoms with Crippen molar-refractivity contribution >= 4 is 51.3 Å². The summed E-state index contributed by atoms with van der Waals surface area (Å²) in [6.45, 7) is 7.50. The minimum atomic E-state index is -0.591. The summed E-state index contributed by atoms with van der Waals surface area (Å²) in [4.78, 5) is 53.1. The number of ether oxygens (including phenoxy) is 2. The van der Waals surface area contributed by atoms with E-state index in [4.69, 9.17) is 0 Å². The molecule has 0 bridgehead atoms. The molecule has 2 fully saturated rings. The Hall–Kier alpha value is -5.30. The van der Waals surface area contributed by atoms with Crippen molar-refractivity contribution in [1.82, 2.24) is 9.80 Å². The maximum Gasteiger partial charge on any atom is 0.337 e. The van der Waals surface area contributed by atoms with Gasteiger partial charge in [-0.15, -0.1) is 0 Å². The lowest BCUT2D eigenvalue weighted by molar-refractivity contribution is 0.0591. The summed E-state index contributed by atoms with van der Waals surface area (Å²) in [5.74, 6) is -2.05. The number of likely N-dealkylation sites (tertiary alicyclic amines) is 2. The molecule has 6 rings (SSSR count). The van der Waals surface area contributed by atoms with E-state index < -0.39 is 23.6 Å². The van der Waals surface area contributed by atoms with Crippen LogP contribution in [0, 0.1) is 11.6 Å². The molecule has 13 heteroatoms. The third-order valence-electron chi connectivity index (χ3n) is 10.2. The predicted molar refractivity (Wildman–Crippen MR) is 238 cm³/mol. The number of carbonyl (C=O) groups is 4. The van der Waals surface area contributed by atoms with Gasteiger partial charge in [-0.05, 0) is 117 Å². The van der Waals surface area contributed by atoms with Gasteiger partial charge in [-0.25, -0.2) is 28.0 Å². The number of nitrogens with one attached hydrogen (secondary N) is 1. The Labute approximate surface area is 362 Å². The molecule has 0 atom stereocenters. The molecule has 0 aliphatic carbocycles. The van der Waals surface area contributed by atoms with Crippen LogP contribution in [-0.4, -0.2) is 74.2 Å². The number of anilines is 2. The number of urea groups is 2. The van der Waals surface area contributed by atoms with Gasteiger partial charge in [0, 0.05) is 48.4 Å². The van der Waals surface area contributed by atoms with Gasteiger partial charge < -0.3 is 24.6 Å². The Bertz CT molecular complexity index is 1990. The Kier molecular flexibility index (Phi) is 20.7. The number of nitrogens with zero attached hydrogens (tertiary/aromatic N) is 3. The molecule has 4 amide bonds. The second-order valence-corrected chi connectivity index (χ2v) is 14.8. The van der Waals surface area contributed by atoms with Crippen LogP contribution >= 0.6 is 15.9 Å². The fraction of sp³-hybridized carbons (Fsp3) is 0.404. The molecule has 2 aliphatic heterocycles. The average molecular weight is 894 g/mol. The lowest BCUT2D eigenvalue weighted by atomic mass is 10.1. The summed E-state index contributed by atoms with van der Waals surface area (Å²) >= 11 is 3.13. The molecule has 0 aromatic heterocycles. The molecule has 4 aromatic carbocycles. The molecule has 324 valence electrons. The highest BCUT2D eigenvalue weighted by Gasteiger charge is 2.25. The van der Waals surface area contributed by atoms with Crippen molar-refractivity contribution < 1.29 is 37.4 Å². The van der Waals surface area contributed by atoms with E-state index in [-0.39, 0.29) is 37.2 Å². The van der Waals surface area contributed by atoms with Gasteiger partial charge in [0.15, 0.2) is 0 Å². The minimum Gasteiger partial charge on any atom is -0.465 e. The molecule has 2 heterocycles. The van der Waals surface area contributed by atoms with Gasteiger partial charge in [-0.2, -0.15) is 0 Å². The van der Waals surface area contributed by atoms with Crippen molar-refractivity contribution in [2.24, 2.45) is 0 Å². The van der Waals surface area contributed by atoms with Crippen molar-refractivity contribution in [3.05, 3.63) is 130 Å². The highest BCUT2D eigenvalue weighted by molar-refractivity contribution is 9.08. The molecular weight excluding hydrogens is 834 g/mol. The lowest BCUT2D eigenvalue weighted by Crippen LogP contribution is -2.45. The van der Waals surface area contributed by atoms with Crippen LogP contribution in [0.4, 0.5) is 29.7 Å². The third-order valence-corrected chi connectivity index (χ3v) is 10.8. The summed E-state index contributed by atoms with van der Waals surface area (Å²) in [6, 6.07) is 24.2. The number of methoxy groups -OCH3 is 2. The van der Waals surface area contributed by atoms with Crippen LogP contribution in [0.1, 0.15) is 103 Å². The van der Waals surface area contributed by atoms with Gasteiger partial charge in [0.05, 0.1) is 31.9 Å². The molecule has 10 nitrogen and oxygen atoms in total. The molecule has 2 saturated heterocycles. The van der Waals surface area contributed by atoms with E-state index >= 15 is 0 Å². The van der Waals surface area contributed by atoms with E-state index in [9.17, 15) is 28.0 Å². The Balaban J connectivity index is 0.000000263. The highest BCUT2D eigenvalue weighted by Crippen LogP contribution is 2.24. The maximum absolute atomic E-state index is 14.7. The zero-order valence-corrected chi connectivity index (χ0v) is 36.0. The molecule has 0 radical (unpaired) electrons. The van der Waals surface area contributed by atoms with E-state index in [1.807, 2.05) is 46.2 Å². The van der Waals surface area contributed by atoms with Crippen LogP contribution in [0.2, 0.25) is 0 Å². The first-order chi connectivity index (χ1) is 28.5. The van der Waals surface area contributed by atoms with E-state index in [1.165, 1.54) is 50.0 Å². The number of hydrogen-bond acceptors (Lipinski definition) is 6. The SMILES string of the molecule is C.CCc1ccc(N(Cc2ccc(C(=O)OC)cc2F)C(=O)N2CCCCC2)cc1.CCc1ccc(NC(=O)N2CCCCC2)cc1.COC(=O)c1ccc(CBr)c(F)c1. The molecule has 0 unspecified atom stereocenters. The number of amides is 4. The molecule has 60 heavy (non-hydrogen) atoms. The molecule has 0 saturated carbocycles. The van der Waals surface area contributed by atoms with E-state index in [0.29, 0.717) is 29.5 Å². The molecule has 2 aliphatic rings. The smallest absolute Gasteiger partial charge is 0.337 e. The number of carbonyl (C=O) groups excluding carboxylic acids is 4. The van der Waals surface area contributed by atoms with Gasteiger partial charge in [0.1, 0.15) is 11.6 Å². The molecule has 4 aromatic rings. The second kappa shape index (κ2) is 25.4. The number of esters is 2. The van der Waals surface area contributed by atoms with E-state index in [0.717, 1.165) is 75.5 Å². The number of piperidine rings is 2. The van der Waals surface area contributed by atoms with Gasteiger partial charge in [0.2, 0.25) is 0 Å². The zero-order chi connectivity index (χ0) is 42.7. The van der Waals surface area contributed by atoms with Gasteiger partial charge >= 0.3 is 24.0 Å². The first-order valence-corrected chi connectivity index (χ1v) is 21.2. The van der Waals surface area contributed by atoms with Crippen molar-refractivity contribution in [3.63, 3.8) is 0 Å². The summed E-state index contributed by atoms with van der Waals surface area (Å²) in [5, 5.41) is 3.38. The van der Waals surface area contributed by atoms with Crippen molar-refractivity contribution in [1.29, 1.82) is 0 Å². The van der Waals surface area contributed by atoms with Crippen LogP contribution in [0.15, 0.2) is 84.9 Å². The normalized spacial score (nSPS) is 13.2. The van der Waals surface area contributed by atoms with Crippen LogP contribution in [0.25, 0.3) is 0 Å². The Morgan fingerprint density at radius 3 is 1.53 bits per heavy atom. The number of alkyl halides is 1. The number of aryl methyl sites for hydroxylation is 2. The van der Waals surface area contributed by atoms with Crippen LogP contribution in [0.3, 0.4) is 0 Å². The number of halogens is 3. The monoisotopic (exact) mass is 892 g/mol. The summed E-state index contributed by atoms with van der Waals surface area (Å²) in [6.07, 6.45) is 8.52. The van der Waals surface area contributed by atoms with Gasteiger partial charge in [-0.1, -0.05) is 73.6 Å². The fourth-order valence-electron chi connectivity index (χ4n) is 6.55. The highest BCUT2D eigenvalue weighted by atomic mass is 79.9. The summed E-state index contributed by atoms with van der Waals surface area (Å²) in [7, 11) is 2.52. The Morgan fingerprint density at radius 1 is 0.650 bits per heavy atom. The van der Waals surface area contributed by atoms with Crippen LogP contribution in [-0.2, 0) is 34.2 Å². The standard InChI is InChI=1S/C23H27FN2O3.C14H20N2O.C9H8BrFO2.CH4/c1-3-17-7-11-20(12-8-17)26(23(28)25-13-5-4-6-14-25)16-19-10-9-18(15-21(19)24)22(27)29-2;1-2-12-6-8-13(9-7-12)15-14(17)16-10-4-3-5-11-16;1-13-9(12)6-2-3-7(5-10)8(11)4-6;/h7-12,15H,3-6,13-14,16H2,1-2H3;6-9H,2-5,10-11H2,1H3,(H,15,17);2-4H,5H2,1H3;1H4. The van der Waals surface area contributed by atoms with Crippen LogP contribution in [0.5, 0.6) is 0 Å². The maximum atomic E-state index is 14.7. The molecular formula is C47H59BrF2N4O6. The largest absolute Gasteiger partial charge is 0.465 e. The van der Waals surface area contributed by atoms with E-state index in [2.05, 4.69) is 56.7 Å². The quantitative estimate of drug-likeness (QED) is 0.132. The fourth-order valence-corrected chi connectivity index (χ4v) is 7.01. The lowest BCUT2D eigenvalue weighted by Gasteiger charge is -2.33. The Morgan fingerprint density at radius 2 is 1.10 bits per heavy atom. The number of hydrogen-bond donors (Lipinski definition) is 1. The average Bonchev–Trinajstić information content (AvgIpc) is 3.29.